The Labute approximate surface area is 236 Å². The molecule has 3 aromatic carbocycles. The van der Waals surface area contributed by atoms with Crippen molar-refractivity contribution in [3.63, 3.8) is 0 Å². The summed E-state index contributed by atoms with van der Waals surface area (Å²) in [5.41, 5.74) is 4.38. The number of anilines is 1. The van der Waals surface area contributed by atoms with Gasteiger partial charge < -0.3 is 19.3 Å². The van der Waals surface area contributed by atoms with Crippen LogP contribution in [0.25, 0.3) is 5.76 Å². The van der Waals surface area contributed by atoms with E-state index in [0.29, 0.717) is 40.7 Å². The number of aliphatic hydroxyl groups is 1. The zero-order valence-electron chi connectivity index (χ0n) is 24.2. The first kappa shape index (κ1) is 28.7. The fourth-order valence-corrected chi connectivity index (χ4v) is 5.16. The molecule has 1 aliphatic rings. The number of Topliss-reactive ketones (excluding diaryl/α,β-unsaturated/α-hetero) is 1. The Morgan fingerprint density at radius 2 is 1.60 bits per heavy atom. The van der Waals surface area contributed by atoms with Crippen LogP contribution in [0.2, 0.25) is 0 Å². The second-order valence-electron chi connectivity index (χ2n) is 10.1. The van der Waals surface area contributed by atoms with Crippen LogP contribution in [0.3, 0.4) is 0 Å². The van der Waals surface area contributed by atoms with E-state index in [-0.39, 0.29) is 17.3 Å². The standard InChI is InChI=1S/C33H37NO6/c1-8-21-10-13-23(14-11-21)34-30(22-12-15-26(38-6)28(17-22)40-9-2)29(32(36)33(34)37)31(35)25-18-24(19(3)4)27(39-7)16-20(25)5/h10-19,30,35H,8-9H2,1-7H3/b31-29+. The quantitative estimate of drug-likeness (QED) is 0.183. The van der Waals surface area contributed by atoms with E-state index in [1.165, 1.54) is 4.90 Å². The number of carbonyl (C=O) groups excluding carboxylic acids is 2. The normalized spacial score (nSPS) is 16.5. The zero-order valence-corrected chi connectivity index (χ0v) is 24.2. The van der Waals surface area contributed by atoms with Gasteiger partial charge in [-0.2, -0.15) is 0 Å². The summed E-state index contributed by atoms with van der Waals surface area (Å²) in [7, 11) is 3.16. The Hall–Kier alpha value is -4.26. The number of aryl methyl sites for hydroxylation is 2. The highest BCUT2D eigenvalue weighted by atomic mass is 16.5. The molecule has 1 saturated heterocycles. The van der Waals surface area contributed by atoms with Gasteiger partial charge in [0.25, 0.3) is 11.7 Å². The van der Waals surface area contributed by atoms with Crippen LogP contribution in [-0.4, -0.2) is 37.6 Å². The van der Waals surface area contributed by atoms with Gasteiger partial charge in [0.1, 0.15) is 11.5 Å². The molecule has 1 N–H and O–H groups in total. The van der Waals surface area contributed by atoms with Crippen molar-refractivity contribution in [2.45, 2.75) is 53.0 Å². The monoisotopic (exact) mass is 543 g/mol. The first-order valence-electron chi connectivity index (χ1n) is 13.6. The predicted molar refractivity (Wildman–Crippen MR) is 157 cm³/mol. The minimum atomic E-state index is -0.887. The molecular weight excluding hydrogens is 506 g/mol. The SMILES string of the molecule is CCOc1cc(C2/C(=C(\O)c3cc(C(C)C)c(OC)cc3C)C(=O)C(=O)N2c2ccc(CC)cc2)ccc1OC. The highest BCUT2D eigenvalue weighted by Gasteiger charge is 2.47. The molecule has 7 nitrogen and oxygen atoms in total. The average Bonchev–Trinajstić information content (AvgIpc) is 3.22. The molecule has 40 heavy (non-hydrogen) atoms. The van der Waals surface area contributed by atoms with Gasteiger partial charge in [0.15, 0.2) is 11.5 Å². The van der Waals surface area contributed by atoms with E-state index < -0.39 is 17.7 Å². The first-order valence-corrected chi connectivity index (χ1v) is 13.6. The summed E-state index contributed by atoms with van der Waals surface area (Å²) in [6.45, 7) is 10.2. The van der Waals surface area contributed by atoms with Gasteiger partial charge in [-0.15, -0.1) is 0 Å². The lowest BCUT2D eigenvalue weighted by atomic mass is 9.91. The lowest BCUT2D eigenvalue weighted by Crippen LogP contribution is -2.29. The lowest BCUT2D eigenvalue weighted by molar-refractivity contribution is -0.132. The van der Waals surface area contributed by atoms with Crippen LogP contribution in [-0.2, 0) is 16.0 Å². The van der Waals surface area contributed by atoms with Gasteiger partial charge in [-0.3, -0.25) is 14.5 Å². The van der Waals surface area contributed by atoms with Gasteiger partial charge in [0, 0.05) is 11.3 Å². The zero-order chi connectivity index (χ0) is 29.1. The van der Waals surface area contributed by atoms with Crippen molar-refractivity contribution in [1.82, 2.24) is 0 Å². The summed E-state index contributed by atoms with van der Waals surface area (Å²) in [5.74, 6) is 0.129. The molecule has 3 aromatic rings. The molecule has 0 aromatic heterocycles. The van der Waals surface area contributed by atoms with Crippen LogP contribution >= 0.6 is 0 Å². The van der Waals surface area contributed by atoms with Crippen molar-refractivity contribution < 1.29 is 28.9 Å². The van der Waals surface area contributed by atoms with Crippen LogP contribution in [0.15, 0.2) is 60.2 Å². The molecule has 0 saturated carbocycles. The Kier molecular flexibility index (Phi) is 8.52. The van der Waals surface area contributed by atoms with E-state index in [4.69, 9.17) is 14.2 Å². The van der Waals surface area contributed by atoms with Crippen LogP contribution in [0.5, 0.6) is 17.2 Å². The molecule has 1 aliphatic heterocycles. The van der Waals surface area contributed by atoms with Crippen LogP contribution in [0.4, 0.5) is 5.69 Å². The second-order valence-corrected chi connectivity index (χ2v) is 10.1. The summed E-state index contributed by atoms with van der Waals surface area (Å²) < 4.78 is 16.9. The highest BCUT2D eigenvalue weighted by Crippen LogP contribution is 2.45. The fourth-order valence-electron chi connectivity index (χ4n) is 5.16. The van der Waals surface area contributed by atoms with Crippen molar-refractivity contribution in [3.8, 4) is 17.2 Å². The lowest BCUT2D eigenvalue weighted by Gasteiger charge is -2.26. The van der Waals surface area contributed by atoms with Gasteiger partial charge in [-0.1, -0.05) is 39.0 Å². The molecule has 0 bridgehead atoms. The average molecular weight is 544 g/mol. The second kappa shape index (κ2) is 11.9. The number of nitrogens with zero attached hydrogens (tertiary/aromatic N) is 1. The van der Waals surface area contributed by atoms with Crippen LogP contribution < -0.4 is 19.1 Å². The van der Waals surface area contributed by atoms with E-state index in [0.717, 1.165) is 23.1 Å². The summed E-state index contributed by atoms with van der Waals surface area (Å²) in [6, 6.07) is 15.6. The topological polar surface area (TPSA) is 85.3 Å². The van der Waals surface area contributed by atoms with Gasteiger partial charge in [0.05, 0.1) is 32.4 Å². The van der Waals surface area contributed by atoms with Gasteiger partial charge >= 0.3 is 0 Å². The number of amides is 1. The summed E-state index contributed by atoms with van der Waals surface area (Å²) in [4.78, 5) is 28.8. The fraction of sp³-hybridized carbons (Fsp3) is 0.333. The number of aliphatic hydroxyl groups excluding tert-OH is 1. The maximum Gasteiger partial charge on any atom is 0.300 e. The molecule has 7 heteroatoms. The van der Waals surface area contributed by atoms with Crippen LogP contribution in [0, 0.1) is 6.92 Å². The molecule has 1 amide bonds. The third-order valence-electron chi connectivity index (χ3n) is 7.32. The molecule has 0 aliphatic carbocycles. The molecule has 1 atom stereocenters. The minimum Gasteiger partial charge on any atom is -0.507 e. The van der Waals surface area contributed by atoms with Gasteiger partial charge in [-0.25, -0.2) is 0 Å². The van der Waals surface area contributed by atoms with E-state index in [9.17, 15) is 14.7 Å². The molecule has 4 rings (SSSR count). The van der Waals surface area contributed by atoms with E-state index >= 15 is 0 Å². The Balaban J connectivity index is 2.00. The van der Waals surface area contributed by atoms with E-state index in [1.807, 2.05) is 64.1 Å². The number of benzene rings is 3. The Morgan fingerprint density at radius 3 is 2.17 bits per heavy atom. The minimum absolute atomic E-state index is 0.0140. The number of carbonyl (C=O) groups is 2. The molecule has 1 heterocycles. The van der Waals surface area contributed by atoms with Crippen molar-refractivity contribution in [2.75, 3.05) is 25.7 Å². The smallest absolute Gasteiger partial charge is 0.300 e. The van der Waals surface area contributed by atoms with Crippen molar-refractivity contribution in [3.05, 3.63) is 88.0 Å². The summed E-state index contributed by atoms with van der Waals surface area (Å²) in [5, 5.41) is 11.8. The number of hydrogen-bond acceptors (Lipinski definition) is 6. The van der Waals surface area contributed by atoms with E-state index in [1.54, 1.807) is 32.4 Å². The van der Waals surface area contributed by atoms with Crippen molar-refractivity contribution >= 4 is 23.1 Å². The maximum absolute atomic E-state index is 13.7. The maximum atomic E-state index is 13.7. The van der Waals surface area contributed by atoms with Gasteiger partial charge in [0.2, 0.25) is 0 Å². The number of hydrogen-bond donors (Lipinski definition) is 1. The third kappa shape index (κ3) is 5.16. The highest BCUT2D eigenvalue weighted by molar-refractivity contribution is 6.51. The number of rotatable bonds is 9. The molecule has 0 radical (unpaired) electrons. The molecule has 210 valence electrons. The van der Waals surface area contributed by atoms with Gasteiger partial charge in [-0.05, 0) is 84.8 Å². The predicted octanol–water partition coefficient (Wildman–Crippen LogP) is 6.72. The number of ketones is 1. The van der Waals surface area contributed by atoms with E-state index in [2.05, 4.69) is 6.92 Å². The first-order chi connectivity index (χ1) is 19.2. The van der Waals surface area contributed by atoms with Crippen LogP contribution in [0.1, 0.15) is 67.5 Å². The summed E-state index contributed by atoms with van der Waals surface area (Å²) >= 11 is 0. The largest absolute Gasteiger partial charge is 0.507 e. The summed E-state index contributed by atoms with van der Waals surface area (Å²) in [6.07, 6.45) is 0.841. The van der Waals surface area contributed by atoms with Crippen molar-refractivity contribution in [2.24, 2.45) is 0 Å². The molecule has 0 spiro atoms. The third-order valence-corrected chi connectivity index (χ3v) is 7.32. The number of methoxy groups -OCH3 is 2. The van der Waals surface area contributed by atoms with Crippen molar-refractivity contribution in [1.29, 1.82) is 0 Å². The number of ether oxygens (including phenoxy) is 3. The Morgan fingerprint density at radius 1 is 0.925 bits per heavy atom. The Bertz CT molecular complexity index is 1450. The molecule has 1 unspecified atom stereocenters. The molecule has 1 fully saturated rings. The molecular formula is C33H37NO6.